The second kappa shape index (κ2) is 8.74. The first-order valence-corrected chi connectivity index (χ1v) is 10.6. The van der Waals surface area contributed by atoms with E-state index in [-0.39, 0.29) is 30.0 Å². The van der Waals surface area contributed by atoms with Crippen molar-refractivity contribution in [3.63, 3.8) is 0 Å². The molecule has 0 bridgehead atoms. The number of Topliss-reactive ketones (excluding diaryl/α,β-unsaturated/α-hetero) is 1. The topological polar surface area (TPSA) is 120 Å². The molecule has 4 heterocycles. The number of amides is 1. The first-order valence-electron chi connectivity index (χ1n) is 10.6. The molecule has 10 heteroatoms. The van der Waals surface area contributed by atoms with Crippen molar-refractivity contribution in [1.29, 1.82) is 0 Å². The number of hydrogen-bond donors (Lipinski definition) is 1. The van der Waals surface area contributed by atoms with Crippen LogP contribution in [0.15, 0.2) is 65.6 Å². The van der Waals surface area contributed by atoms with Crippen LogP contribution in [0.5, 0.6) is 0 Å². The Kier molecular flexibility index (Phi) is 5.46. The zero-order valence-electron chi connectivity index (χ0n) is 18.6. The smallest absolute Gasteiger partial charge is 0.255 e. The predicted octanol–water partition coefficient (Wildman–Crippen LogP) is 2.78. The van der Waals surface area contributed by atoms with E-state index in [1.54, 1.807) is 26.1 Å². The van der Waals surface area contributed by atoms with Gasteiger partial charge in [0.05, 0.1) is 41.8 Å². The van der Waals surface area contributed by atoms with Crippen molar-refractivity contribution in [2.45, 2.75) is 19.9 Å². The molecule has 0 spiro atoms. The zero-order chi connectivity index (χ0) is 23.7. The van der Waals surface area contributed by atoms with Crippen molar-refractivity contribution < 1.29 is 14.1 Å². The van der Waals surface area contributed by atoms with E-state index in [0.717, 1.165) is 17.0 Å². The highest BCUT2D eigenvalue weighted by atomic mass is 16.5. The van der Waals surface area contributed by atoms with Crippen LogP contribution in [0.4, 0.5) is 0 Å². The summed E-state index contributed by atoms with van der Waals surface area (Å²) in [5, 5.41) is 10.6. The van der Waals surface area contributed by atoms with Gasteiger partial charge in [-0.2, -0.15) is 5.10 Å². The lowest BCUT2D eigenvalue weighted by molar-refractivity contribution is 0.0926. The Morgan fingerprint density at radius 1 is 1.12 bits per heavy atom. The third-order valence-electron chi connectivity index (χ3n) is 5.34. The van der Waals surface area contributed by atoms with Gasteiger partial charge in [-0.15, -0.1) is 0 Å². The lowest BCUT2D eigenvalue weighted by Crippen LogP contribution is -2.25. The van der Waals surface area contributed by atoms with Crippen molar-refractivity contribution in [3.8, 4) is 11.3 Å². The van der Waals surface area contributed by atoms with Gasteiger partial charge in [0.25, 0.3) is 5.91 Å². The molecule has 0 saturated carbocycles. The number of carbonyl (C=O) groups is 2. The molecule has 0 fully saturated rings. The van der Waals surface area contributed by atoms with E-state index in [0.29, 0.717) is 17.2 Å². The molecule has 5 rings (SSSR count). The maximum atomic E-state index is 13.1. The minimum Gasteiger partial charge on any atom is -0.359 e. The molecule has 5 aromatic rings. The Balaban J connectivity index is 1.34. The molecule has 0 radical (unpaired) electrons. The van der Waals surface area contributed by atoms with Crippen LogP contribution in [0.1, 0.15) is 38.0 Å². The number of aryl methyl sites for hydroxylation is 2. The van der Waals surface area contributed by atoms with Gasteiger partial charge in [-0.1, -0.05) is 35.5 Å². The van der Waals surface area contributed by atoms with Gasteiger partial charge in [0.15, 0.2) is 11.5 Å². The van der Waals surface area contributed by atoms with E-state index >= 15 is 0 Å². The lowest BCUT2D eigenvalue weighted by atomic mass is 10.1. The van der Waals surface area contributed by atoms with Crippen molar-refractivity contribution in [1.82, 2.24) is 34.6 Å². The normalized spacial score (nSPS) is 11.1. The van der Waals surface area contributed by atoms with Crippen molar-refractivity contribution in [2.24, 2.45) is 7.05 Å². The Bertz CT molecular complexity index is 1500. The van der Waals surface area contributed by atoms with Crippen LogP contribution in [-0.4, -0.2) is 41.0 Å². The summed E-state index contributed by atoms with van der Waals surface area (Å²) >= 11 is 0. The van der Waals surface area contributed by atoms with E-state index in [2.05, 4.69) is 25.5 Å². The van der Waals surface area contributed by atoms with Gasteiger partial charge in [0.1, 0.15) is 5.69 Å². The molecule has 1 N–H and O–H groups in total. The molecule has 0 saturated heterocycles. The summed E-state index contributed by atoms with van der Waals surface area (Å²) in [6.07, 6.45) is 5.10. The number of nitrogens with zero attached hydrogens (tertiary/aromatic N) is 6. The number of imidazole rings is 1. The summed E-state index contributed by atoms with van der Waals surface area (Å²) < 4.78 is 8.32. The molecule has 0 aliphatic carbocycles. The monoisotopic (exact) mass is 455 g/mol. The van der Waals surface area contributed by atoms with E-state index in [1.807, 2.05) is 47.1 Å². The predicted molar refractivity (Wildman–Crippen MR) is 122 cm³/mol. The molecule has 10 nitrogen and oxygen atoms in total. The summed E-state index contributed by atoms with van der Waals surface area (Å²) in [6, 6.07) is 13.3. The van der Waals surface area contributed by atoms with Gasteiger partial charge in [-0.05, 0) is 13.0 Å². The summed E-state index contributed by atoms with van der Waals surface area (Å²) in [5.41, 5.74) is 3.45. The number of ketones is 1. The summed E-state index contributed by atoms with van der Waals surface area (Å²) in [6.45, 7) is 1.95. The molecule has 170 valence electrons. The molecule has 34 heavy (non-hydrogen) atoms. The molecular formula is C24H21N7O3. The number of carbonyl (C=O) groups excluding carboxylic acids is 2. The molecule has 1 amide bonds. The van der Waals surface area contributed by atoms with Gasteiger partial charge in [0.2, 0.25) is 5.78 Å². The molecular weight excluding hydrogens is 434 g/mol. The van der Waals surface area contributed by atoms with E-state index in [4.69, 9.17) is 4.52 Å². The standard InChI is InChI=1S/C24H21N7O3/c1-15-10-18(34-29-15)12-25-23(33)19-13-26-30(2)22(19)21(32)11-17-8-9-31-14-20(28-24(31)27-17)16-6-4-3-5-7-16/h3-10,13-14H,11-12H2,1-2H3,(H,25,33). The fourth-order valence-electron chi connectivity index (χ4n) is 3.70. The van der Waals surface area contributed by atoms with Crippen LogP contribution in [0.25, 0.3) is 17.0 Å². The first-order chi connectivity index (χ1) is 16.5. The SMILES string of the molecule is Cc1cc(CNC(=O)c2cnn(C)c2C(=O)Cc2ccn3cc(-c4ccccc4)nc3n2)on1. The van der Waals surface area contributed by atoms with Crippen LogP contribution in [0.3, 0.4) is 0 Å². The molecule has 0 aliphatic rings. The van der Waals surface area contributed by atoms with Gasteiger partial charge < -0.3 is 9.84 Å². The van der Waals surface area contributed by atoms with Gasteiger partial charge >= 0.3 is 0 Å². The van der Waals surface area contributed by atoms with Gasteiger partial charge in [-0.3, -0.25) is 18.7 Å². The second-order valence-electron chi connectivity index (χ2n) is 7.87. The zero-order valence-corrected chi connectivity index (χ0v) is 18.6. The maximum absolute atomic E-state index is 13.1. The minimum absolute atomic E-state index is 0.00510. The highest BCUT2D eigenvalue weighted by Gasteiger charge is 2.23. The quantitative estimate of drug-likeness (QED) is 0.375. The van der Waals surface area contributed by atoms with Crippen LogP contribution in [0.2, 0.25) is 0 Å². The molecule has 0 aliphatic heterocycles. The van der Waals surface area contributed by atoms with Gasteiger partial charge in [-0.25, -0.2) is 9.97 Å². The van der Waals surface area contributed by atoms with E-state index in [9.17, 15) is 9.59 Å². The molecule has 1 aromatic carbocycles. The average molecular weight is 455 g/mol. The number of nitrogens with one attached hydrogen (secondary N) is 1. The van der Waals surface area contributed by atoms with Crippen LogP contribution in [-0.2, 0) is 20.0 Å². The summed E-state index contributed by atoms with van der Waals surface area (Å²) in [4.78, 5) is 35.0. The third kappa shape index (κ3) is 4.20. The highest BCUT2D eigenvalue weighted by Crippen LogP contribution is 2.19. The maximum Gasteiger partial charge on any atom is 0.255 e. The van der Waals surface area contributed by atoms with Crippen molar-refractivity contribution in [2.75, 3.05) is 0 Å². The van der Waals surface area contributed by atoms with Crippen LogP contribution in [0, 0.1) is 6.92 Å². The summed E-state index contributed by atoms with van der Waals surface area (Å²) in [5.74, 6) is 0.325. The second-order valence-corrected chi connectivity index (χ2v) is 7.87. The van der Waals surface area contributed by atoms with E-state index < -0.39 is 5.91 Å². The third-order valence-corrected chi connectivity index (χ3v) is 5.34. The van der Waals surface area contributed by atoms with E-state index in [1.165, 1.54) is 10.9 Å². The summed E-state index contributed by atoms with van der Waals surface area (Å²) in [7, 11) is 1.63. The highest BCUT2D eigenvalue weighted by molar-refractivity contribution is 6.07. The van der Waals surface area contributed by atoms with Crippen molar-refractivity contribution in [3.05, 3.63) is 89.5 Å². The van der Waals surface area contributed by atoms with Crippen LogP contribution >= 0.6 is 0 Å². The molecule has 0 unspecified atom stereocenters. The van der Waals surface area contributed by atoms with Crippen LogP contribution < -0.4 is 5.32 Å². The lowest BCUT2D eigenvalue weighted by Gasteiger charge is -2.06. The largest absolute Gasteiger partial charge is 0.359 e. The minimum atomic E-state index is -0.422. The number of rotatable bonds is 7. The number of aromatic nitrogens is 6. The fraction of sp³-hybridized carbons (Fsp3) is 0.167. The fourth-order valence-corrected chi connectivity index (χ4v) is 3.70. The number of benzene rings is 1. The Hall–Kier alpha value is -4.60. The first kappa shape index (κ1) is 21.3. The Morgan fingerprint density at radius 2 is 1.94 bits per heavy atom. The molecule has 0 atom stereocenters. The molecule has 4 aromatic heterocycles. The average Bonchev–Trinajstić information content (AvgIpc) is 3.55. The Morgan fingerprint density at radius 3 is 2.71 bits per heavy atom. The number of fused-ring (bicyclic) bond motifs is 1. The van der Waals surface area contributed by atoms with Gasteiger partial charge in [0, 0.05) is 31.1 Å². The van der Waals surface area contributed by atoms with Crippen molar-refractivity contribution >= 4 is 17.5 Å². The Labute approximate surface area is 194 Å². The number of hydrogen-bond acceptors (Lipinski definition) is 7.